The normalized spacial score (nSPS) is 12.6. The third kappa shape index (κ3) is 2.91. The zero-order valence-electron chi connectivity index (χ0n) is 15.6. The smallest absolute Gasteiger partial charge is 0.221 e. The van der Waals surface area contributed by atoms with Gasteiger partial charge in [-0.3, -0.25) is 4.40 Å². The predicted octanol–water partition coefficient (Wildman–Crippen LogP) is 2.88. The summed E-state index contributed by atoms with van der Waals surface area (Å²) in [6, 6.07) is 6.80. The van der Waals surface area contributed by atoms with E-state index in [1.165, 1.54) is 6.07 Å². The summed E-state index contributed by atoms with van der Waals surface area (Å²) < 4.78 is 27.0. The lowest BCUT2D eigenvalue weighted by Crippen LogP contribution is -2.09. The Morgan fingerprint density at radius 1 is 1.24 bits per heavy atom. The zero-order chi connectivity index (χ0) is 19.8. The monoisotopic (exact) mass is 392 g/mol. The van der Waals surface area contributed by atoms with Gasteiger partial charge in [0.2, 0.25) is 11.8 Å². The second-order valence-electron chi connectivity index (χ2n) is 6.53. The van der Waals surface area contributed by atoms with Crippen LogP contribution in [0.5, 0.6) is 11.6 Å². The first-order chi connectivity index (χ1) is 14.3. The van der Waals surface area contributed by atoms with E-state index in [0.717, 1.165) is 22.4 Å². The van der Waals surface area contributed by atoms with E-state index in [-0.39, 0.29) is 12.4 Å². The van der Waals surface area contributed by atoms with Gasteiger partial charge in [-0.25, -0.2) is 14.4 Å². The fourth-order valence-electron chi connectivity index (χ4n) is 3.57. The maximum atomic E-state index is 14.4. The van der Waals surface area contributed by atoms with Gasteiger partial charge in [0, 0.05) is 42.0 Å². The number of pyridine rings is 1. The number of hydrogen-bond donors (Lipinski definition) is 1. The number of hydrogen-bond acceptors (Lipinski definition) is 7. The van der Waals surface area contributed by atoms with Gasteiger partial charge < -0.3 is 14.8 Å². The first-order valence-corrected chi connectivity index (χ1v) is 9.11. The van der Waals surface area contributed by atoms with Crippen LogP contribution in [0.2, 0.25) is 0 Å². The Kier molecular flexibility index (Phi) is 4.19. The van der Waals surface area contributed by atoms with Crippen LogP contribution in [0.1, 0.15) is 11.1 Å². The van der Waals surface area contributed by atoms with E-state index in [9.17, 15) is 4.39 Å². The minimum Gasteiger partial charge on any atom is -0.493 e. The van der Waals surface area contributed by atoms with Crippen molar-refractivity contribution in [2.75, 3.05) is 19.0 Å². The van der Waals surface area contributed by atoms with Gasteiger partial charge in [-0.15, -0.1) is 10.2 Å². The van der Waals surface area contributed by atoms with Crippen LogP contribution < -0.4 is 14.8 Å². The average molecular weight is 392 g/mol. The first kappa shape index (κ1) is 17.4. The molecule has 0 saturated heterocycles. The zero-order valence-corrected chi connectivity index (χ0v) is 15.6. The molecule has 1 aliphatic rings. The topological polar surface area (TPSA) is 86.5 Å². The number of halogens is 1. The molecule has 0 radical (unpaired) electrons. The van der Waals surface area contributed by atoms with Crippen molar-refractivity contribution in [3.8, 4) is 22.8 Å². The summed E-state index contributed by atoms with van der Waals surface area (Å²) in [5.41, 5.74) is 3.57. The SMILES string of the molecule is COc1ncccc1-c1cnc(NCc2c(F)ccc3c2CCO3)n2cnnc12. The lowest BCUT2D eigenvalue weighted by molar-refractivity contribution is 0.356. The Labute approximate surface area is 165 Å². The summed E-state index contributed by atoms with van der Waals surface area (Å²) in [5.74, 6) is 1.46. The molecule has 0 amide bonds. The Balaban J connectivity index is 1.51. The average Bonchev–Trinajstić information content (AvgIpc) is 3.43. The summed E-state index contributed by atoms with van der Waals surface area (Å²) in [6.45, 7) is 0.843. The quantitative estimate of drug-likeness (QED) is 0.559. The van der Waals surface area contributed by atoms with Crippen molar-refractivity contribution < 1.29 is 13.9 Å². The second-order valence-corrected chi connectivity index (χ2v) is 6.53. The van der Waals surface area contributed by atoms with Crippen molar-refractivity contribution in [2.45, 2.75) is 13.0 Å². The summed E-state index contributed by atoms with van der Waals surface area (Å²) in [5, 5.41) is 11.4. The molecule has 5 rings (SSSR count). The third-order valence-electron chi connectivity index (χ3n) is 4.95. The number of nitrogens with zero attached hydrogens (tertiary/aromatic N) is 5. The molecule has 9 heteroatoms. The van der Waals surface area contributed by atoms with E-state index >= 15 is 0 Å². The molecule has 0 bridgehead atoms. The molecule has 0 aliphatic carbocycles. The van der Waals surface area contributed by atoms with Crippen molar-refractivity contribution in [1.29, 1.82) is 0 Å². The molecule has 1 aromatic carbocycles. The largest absolute Gasteiger partial charge is 0.493 e. The second kappa shape index (κ2) is 7.01. The van der Waals surface area contributed by atoms with Gasteiger partial charge in [0.1, 0.15) is 17.9 Å². The molecular weight excluding hydrogens is 375 g/mol. The van der Waals surface area contributed by atoms with E-state index in [1.807, 2.05) is 12.1 Å². The van der Waals surface area contributed by atoms with Gasteiger partial charge in [-0.2, -0.15) is 0 Å². The fourth-order valence-corrected chi connectivity index (χ4v) is 3.57. The Hall–Kier alpha value is -3.75. The molecule has 4 aromatic rings. The van der Waals surface area contributed by atoms with E-state index in [2.05, 4.69) is 25.5 Å². The molecule has 0 spiro atoms. The van der Waals surface area contributed by atoms with Gasteiger partial charge in [0.05, 0.1) is 19.3 Å². The number of fused-ring (bicyclic) bond motifs is 2. The highest BCUT2D eigenvalue weighted by Crippen LogP contribution is 2.32. The molecule has 1 aliphatic heterocycles. The van der Waals surface area contributed by atoms with Crippen LogP contribution in [0.4, 0.5) is 10.3 Å². The maximum Gasteiger partial charge on any atom is 0.221 e. The highest BCUT2D eigenvalue weighted by molar-refractivity contribution is 5.80. The molecule has 4 heterocycles. The standard InChI is InChI=1S/C20H17FN6O2/c1-28-19-13(3-2-7-22-19)15-10-24-20(27-11-25-26-18(15)27)23-9-14-12-6-8-29-17(12)5-4-16(14)21/h2-5,7,10-11H,6,8-9H2,1H3,(H,23,24). The van der Waals surface area contributed by atoms with Gasteiger partial charge >= 0.3 is 0 Å². The molecule has 146 valence electrons. The molecule has 0 fully saturated rings. The molecule has 1 N–H and O–H groups in total. The molecular formula is C20H17FN6O2. The van der Waals surface area contributed by atoms with Crippen LogP contribution in [-0.4, -0.2) is 38.3 Å². The lowest BCUT2D eigenvalue weighted by Gasteiger charge is -2.13. The number of anilines is 1. The van der Waals surface area contributed by atoms with Gasteiger partial charge in [0.15, 0.2) is 5.65 Å². The first-order valence-electron chi connectivity index (χ1n) is 9.11. The van der Waals surface area contributed by atoms with Crippen molar-refractivity contribution >= 4 is 11.6 Å². The maximum absolute atomic E-state index is 14.4. The Bertz CT molecular complexity index is 1210. The molecule has 0 saturated carbocycles. The van der Waals surface area contributed by atoms with Gasteiger partial charge in [0.25, 0.3) is 0 Å². The van der Waals surface area contributed by atoms with E-state index in [1.54, 1.807) is 36.3 Å². The van der Waals surface area contributed by atoms with Crippen LogP contribution >= 0.6 is 0 Å². The number of ether oxygens (including phenoxy) is 2. The van der Waals surface area contributed by atoms with Crippen LogP contribution in [0.3, 0.4) is 0 Å². The van der Waals surface area contributed by atoms with E-state index < -0.39 is 0 Å². The Morgan fingerprint density at radius 2 is 2.17 bits per heavy atom. The third-order valence-corrected chi connectivity index (χ3v) is 4.95. The lowest BCUT2D eigenvalue weighted by atomic mass is 10.0. The van der Waals surface area contributed by atoms with Crippen LogP contribution in [0.25, 0.3) is 16.8 Å². The van der Waals surface area contributed by atoms with Crippen molar-refractivity contribution in [1.82, 2.24) is 24.6 Å². The highest BCUT2D eigenvalue weighted by Gasteiger charge is 2.20. The summed E-state index contributed by atoms with van der Waals surface area (Å²) in [6.07, 6.45) is 5.59. The summed E-state index contributed by atoms with van der Waals surface area (Å²) in [4.78, 5) is 8.73. The van der Waals surface area contributed by atoms with E-state index in [0.29, 0.717) is 36.1 Å². The molecule has 29 heavy (non-hydrogen) atoms. The van der Waals surface area contributed by atoms with Gasteiger partial charge in [-0.1, -0.05) is 0 Å². The minimum atomic E-state index is -0.265. The van der Waals surface area contributed by atoms with E-state index in [4.69, 9.17) is 9.47 Å². The molecule has 0 atom stereocenters. The number of aromatic nitrogens is 5. The Morgan fingerprint density at radius 3 is 3.07 bits per heavy atom. The molecule has 8 nitrogen and oxygen atoms in total. The van der Waals surface area contributed by atoms with Crippen molar-refractivity contribution in [3.63, 3.8) is 0 Å². The molecule has 0 unspecified atom stereocenters. The van der Waals surface area contributed by atoms with Crippen molar-refractivity contribution in [2.24, 2.45) is 0 Å². The fraction of sp³-hybridized carbons (Fsp3) is 0.200. The number of methoxy groups -OCH3 is 1. The van der Waals surface area contributed by atoms with Crippen LogP contribution in [-0.2, 0) is 13.0 Å². The summed E-state index contributed by atoms with van der Waals surface area (Å²) in [7, 11) is 1.56. The number of nitrogens with one attached hydrogen (secondary N) is 1. The van der Waals surface area contributed by atoms with Crippen molar-refractivity contribution in [3.05, 3.63) is 59.9 Å². The highest BCUT2D eigenvalue weighted by atomic mass is 19.1. The minimum absolute atomic E-state index is 0.265. The number of benzene rings is 1. The number of rotatable bonds is 5. The summed E-state index contributed by atoms with van der Waals surface area (Å²) >= 11 is 0. The van der Waals surface area contributed by atoms with Gasteiger partial charge in [-0.05, 0) is 24.3 Å². The van der Waals surface area contributed by atoms with Crippen LogP contribution in [0, 0.1) is 5.82 Å². The molecule has 3 aromatic heterocycles. The van der Waals surface area contributed by atoms with Crippen LogP contribution in [0.15, 0.2) is 43.0 Å². The predicted molar refractivity (Wildman–Crippen MR) is 103 cm³/mol.